The maximum atomic E-state index is 11.9. The molecule has 7 heteroatoms. The van der Waals surface area contributed by atoms with Crippen LogP contribution in [0.15, 0.2) is 18.2 Å². The first-order valence-electron chi connectivity index (χ1n) is 6.16. The highest BCUT2D eigenvalue weighted by Crippen LogP contribution is 2.10. The fraction of sp³-hybridized carbons (Fsp3) is 0.417. The maximum absolute atomic E-state index is 11.9. The molecule has 0 aliphatic carbocycles. The number of likely N-dealkylation sites (N-methyl/N-ethyl adjacent to an activating group) is 1. The van der Waals surface area contributed by atoms with Gasteiger partial charge in [-0.1, -0.05) is 6.07 Å². The number of carbonyl (C=O) groups excluding carboxylic acids is 2. The molecule has 0 unspecified atom stereocenters. The highest BCUT2D eigenvalue weighted by atomic mass is 16.2. The molecule has 2 heterocycles. The summed E-state index contributed by atoms with van der Waals surface area (Å²) < 4.78 is 0. The van der Waals surface area contributed by atoms with E-state index in [-0.39, 0.29) is 0 Å². The van der Waals surface area contributed by atoms with Crippen LogP contribution in [0, 0.1) is 0 Å². The molecule has 0 spiro atoms. The maximum Gasteiger partial charge on any atom is 0.312 e. The number of rotatable bonds is 4. The van der Waals surface area contributed by atoms with Gasteiger partial charge < -0.3 is 15.2 Å². The number of nitrogens with zero attached hydrogens (tertiary/aromatic N) is 3. The predicted octanol–water partition coefficient (Wildman–Crippen LogP) is -0.442. The fourth-order valence-corrected chi connectivity index (χ4v) is 2.01. The molecule has 0 atom stereocenters. The van der Waals surface area contributed by atoms with E-state index in [1.165, 1.54) is 4.90 Å². The molecule has 0 saturated carbocycles. The largest absolute Gasteiger partial charge is 0.333 e. The number of amides is 2. The number of hydrogen-bond acceptors (Lipinski definition) is 5. The fourth-order valence-electron chi connectivity index (χ4n) is 2.01. The van der Waals surface area contributed by atoms with E-state index in [2.05, 4.69) is 10.4 Å². The molecule has 1 aliphatic rings. The van der Waals surface area contributed by atoms with Crippen LogP contribution >= 0.6 is 0 Å². The molecule has 1 fully saturated rings. The van der Waals surface area contributed by atoms with E-state index < -0.39 is 11.8 Å². The number of pyridine rings is 1. The van der Waals surface area contributed by atoms with Gasteiger partial charge in [0.15, 0.2) is 0 Å². The monoisotopic (exact) mass is 263 g/mol. The van der Waals surface area contributed by atoms with Crippen molar-refractivity contribution in [3.8, 4) is 0 Å². The van der Waals surface area contributed by atoms with Gasteiger partial charge in [0.25, 0.3) is 0 Å². The minimum atomic E-state index is -0.471. The SMILES string of the molecule is CCN1CCN(Cc2cccc(NN)n2)C(=O)C1=O. The normalized spacial score (nSPS) is 15.9. The molecule has 3 N–H and O–H groups in total. The van der Waals surface area contributed by atoms with Crippen molar-refractivity contribution in [1.82, 2.24) is 14.8 Å². The highest BCUT2D eigenvalue weighted by Gasteiger charge is 2.31. The van der Waals surface area contributed by atoms with Crippen LogP contribution in [0.1, 0.15) is 12.6 Å². The summed E-state index contributed by atoms with van der Waals surface area (Å²) in [7, 11) is 0. The van der Waals surface area contributed by atoms with Gasteiger partial charge in [-0.3, -0.25) is 9.59 Å². The predicted molar refractivity (Wildman–Crippen MR) is 69.7 cm³/mol. The van der Waals surface area contributed by atoms with Crippen LogP contribution in [0.4, 0.5) is 5.82 Å². The van der Waals surface area contributed by atoms with E-state index in [0.717, 1.165) is 0 Å². The van der Waals surface area contributed by atoms with Crippen LogP contribution in [-0.4, -0.2) is 46.2 Å². The second-order valence-corrected chi connectivity index (χ2v) is 4.27. The molecule has 0 aromatic carbocycles. The minimum Gasteiger partial charge on any atom is -0.333 e. The number of anilines is 1. The number of nitrogens with one attached hydrogen (secondary N) is 1. The third-order valence-corrected chi connectivity index (χ3v) is 3.09. The summed E-state index contributed by atoms with van der Waals surface area (Å²) in [6, 6.07) is 5.32. The van der Waals surface area contributed by atoms with Crippen LogP contribution < -0.4 is 11.3 Å². The average Bonchev–Trinajstić information content (AvgIpc) is 2.44. The summed E-state index contributed by atoms with van der Waals surface area (Å²) in [5.74, 6) is 4.90. The molecule has 2 amide bonds. The van der Waals surface area contributed by atoms with E-state index in [1.807, 2.05) is 6.92 Å². The van der Waals surface area contributed by atoms with Gasteiger partial charge in [-0.25, -0.2) is 10.8 Å². The van der Waals surface area contributed by atoms with E-state index in [4.69, 9.17) is 5.84 Å². The second kappa shape index (κ2) is 5.66. The van der Waals surface area contributed by atoms with Crippen molar-refractivity contribution in [1.29, 1.82) is 0 Å². The highest BCUT2D eigenvalue weighted by molar-refractivity contribution is 6.35. The van der Waals surface area contributed by atoms with Crippen LogP contribution in [-0.2, 0) is 16.1 Å². The Morgan fingerprint density at radius 3 is 2.63 bits per heavy atom. The van der Waals surface area contributed by atoms with Gasteiger partial charge in [0.2, 0.25) is 0 Å². The molecule has 19 heavy (non-hydrogen) atoms. The van der Waals surface area contributed by atoms with E-state index in [9.17, 15) is 9.59 Å². The Morgan fingerprint density at radius 2 is 1.95 bits per heavy atom. The summed E-state index contributed by atoms with van der Waals surface area (Å²) >= 11 is 0. The van der Waals surface area contributed by atoms with Gasteiger partial charge in [0, 0.05) is 19.6 Å². The van der Waals surface area contributed by atoms with Gasteiger partial charge in [-0.2, -0.15) is 0 Å². The summed E-state index contributed by atoms with van der Waals surface area (Å²) in [5, 5.41) is 0. The Morgan fingerprint density at radius 1 is 1.26 bits per heavy atom. The van der Waals surface area contributed by atoms with Crippen LogP contribution in [0.3, 0.4) is 0 Å². The lowest BCUT2D eigenvalue weighted by atomic mass is 10.2. The Hall–Kier alpha value is -2.15. The van der Waals surface area contributed by atoms with Crippen LogP contribution in [0.2, 0.25) is 0 Å². The van der Waals surface area contributed by atoms with Crippen molar-refractivity contribution in [2.45, 2.75) is 13.5 Å². The number of carbonyl (C=O) groups is 2. The van der Waals surface area contributed by atoms with E-state index in [1.54, 1.807) is 23.1 Å². The zero-order chi connectivity index (χ0) is 13.8. The van der Waals surface area contributed by atoms with Crippen molar-refractivity contribution >= 4 is 17.6 Å². The summed E-state index contributed by atoms with van der Waals surface area (Å²) in [4.78, 5) is 31.0. The molecule has 102 valence electrons. The van der Waals surface area contributed by atoms with Gasteiger partial charge in [-0.05, 0) is 19.1 Å². The van der Waals surface area contributed by atoms with Crippen molar-refractivity contribution in [3.05, 3.63) is 23.9 Å². The minimum absolute atomic E-state index is 0.317. The van der Waals surface area contributed by atoms with Crippen LogP contribution in [0.5, 0.6) is 0 Å². The van der Waals surface area contributed by atoms with Gasteiger partial charge in [-0.15, -0.1) is 0 Å². The Kier molecular flexibility index (Phi) is 3.96. The van der Waals surface area contributed by atoms with Crippen LogP contribution in [0.25, 0.3) is 0 Å². The van der Waals surface area contributed by atoms with Gasteiger partial charge in [0.05, 0.1) is 12.2 Å². The first-order valence-corrected chi connectivity index (χ1v) is 6.16. The lowest BCUT2D eigenvalue weighted by molar-refractivity contribution is -0.156. The smallest absolute Gasteiger partial charge is 0.312 e. The van der Waals surface area contributed by atoms with Crippen molar-refractivity contribution in [2.24, 2.45) is 5.84 Å². The molecule has 0 bridgehead atoms. The Labute approximate surface area is 111 Å². The Bertz CT molecular complexity index is 491. The number of aromatic nitrogens is 1. The first kappa shape index (κ1) is 13.3. The molecule has 2 rings (SSSR count). The van der Waals surface area contributed by atoms with Crippen molar-refractivity contribution in [3.63, 3.8) is 0 Å². The molecule has 1 aliphatic heterocycles. The molecule has 1 aromatic rings. The molecular formula is C12H17N5O2. The molecule has 1 saturated heterocycles. The molecule has 1 aromatic heterocycles. The van der Waals surface area contributed by atoms with Crippen molar-refractivity contribution in [2.75, 3.05) is 25.1 Å². The third kappa shape index (κ3) is 2.82. The van der Waals surface area contributed by atoms with E-state index >= 15 is 0 Å². The summed E-state index contributed by atoms with van der Waals surface area (Å²) in [5.41, 5.74) is 3.15. The van der Waals surface area contributed by atoms with E-state index in [0.29, 0.717) is 37.7 Å². The number of hydrazine groups is 1. The standard InChI is InChI=1S/C12H17N5O2/c1-2-16-6-7-17(12(19)11(16)18)8-9-4-3-5-10(14-9)15-13/h3-5H,2,6-8,13H2,1H3,(H,14,15). The number of hydrogen-bond donors (Lipinski definition) is 2. The molecule has 7 nitrogen and oxygen atoms in total. The number of nitrogens with two attached hydrogens (primary N) is 1. The third-order valence-electron chi connectivity index (χ3n) is 3.09. The Balaban J connectivity index is 2.07. The zero-order valence-corrected chi connectivity index (χ0v) is 10.8. The lowest BCUT2D eigenvalue weighted by Gasteiger charge is -2.32. The van der Waals surface area contributed by atoms with Crippen molar-refractivity contribution < 1.29 is 9.59 Å². The number of nitrogen functional groups attached to an aromatic ring is 1. The average molecular weight is 263 g/mol. The molecule has 0 radical (unpaired) electrons. The topological polar surface area (TPSA) is 91.6 Å². The quantitative estimate of drug-likeness (QED) is 0.436. The first-order chi connectivity index (χ1) is 9.15. The number of piperazine rings is 1. The second-order valence-electron chi connectivity index (χ2n) is 4.27. The summed E-state index contributed by atoms with van der Waals surface area (Å²) in [6.07, 6.45) is 0. The lowest BCUT2D eigenvalue weighted by Crippen LogP contribution is -2.53. The van der Waals surface area contributed by atoms with Gasteiger partial charge in [0.1, 0.15) is 5.82 Å². The summed E-state index contributed by atoms with van der Waals surface area (Å²) in [6.45, 7) is 3.83. The van der Waals surface area contributed by atoms with Gasteiger partial charge >= 0.3 is 11.8 Å². The molecular weight excluding hydrogens is 246 g/mol. The zero-order valence-electron chi connectivity index (χ0n) is 10.8.